The molecule has 0 unspecified atom stereocenters. The van der Waals surface area contributed by atoms with Crippen LogP contribution in [0.15, 0.2) is 24.3 Å². The van der Waals surface area contributed by atoms with E-state index in [-0.39, 0.29) is 5.97 Å². The molecule has 0 atom stereocenters. The molecule has 1 fully saturated rings. The van der Waals surface area contributed by atoms with Gasteiger partial charge in [0.15, 0.2) is 0 Å². The van der Waals surface area contributed by atoms with E-state index in [0.717, 1.165) is 44.0 Å². The van der Waals surface area contributed by atoms with Crippen LogP contribution in [0.3, 0.4) is 0 Å². The number of hydrogen-bond donors (Lipinski definition) is 0. The second-order valence-electron chi connectivity index (χ2n) is 5.20. The lowest BCUT2D eigenvalue weighted by Gasteiger charge is -2.36. The SMILES string of the molecule is COC(=O)CCN1CCN(c2ccc(C(F)(F)F)cc2)CC1. The molecule has 1 saturated heterocycles. The van der Waals surface area contributed by atoms with Crippen molar-refractivity contribution in [3.8, 4) is 0 Å². The Bertz CT molecular complexity index is 495. The van der Waals surface area contributed by atoms with Crippen LogP contribution in [0.5, 0.6) is 0 Å². The Morgan fingerprint density at radius 2 is 1.73 bits per heavy atom. The minimum absolute atomic E-state index is 0.231. The van der Waals surface area contributed by atoms with Crippen molar-refractivity contribution < 1.29 is 22.7 Å². The Balaban J connectivity index is 1.85. The van der Waals surface area contributed by atoms with E-state index >= 15 is 0 Å². The fourth-order valence-electron chi connectivity index (χ4n) is 2.44. The first kappa shape index (κ1) is 16.6. The van der Waals surface area contributed by atoms with Crippen LogP contribution in [-0.2, 0) is 15.7 Å². The van der Waals surface area contributed by atoms with E-state index in [1.165, 1.54) is 19.2 Å². The smallest absolute Gasteiger partial charge is 0.416 e. The number of methoxy groups -OCH3 is 1. The molecular weight excluding hydrogens is 297 g/mol. The van der Waals surface area contributed by atoms with Crippen molar-refractivity contribution in [2.45, 2.75) is 12.6 Å². The van der Waals surface area contributed by atoms with Gasteiger partial charge in [0.25, 0.3) is 0 Å². The number of esters is 1. The van der Waals surface area contributed by atoms with E-state index in [2.05, 4.69) is 14.5 Å². The van der Waals surface area contributed by atoms with Crippen LogP contribution in [0.25, 0.3) is 0 Å². The summed E-state index contributed by atoms with van der Waals surface area (Å²) in [6.07, 6.45) is -3.94. The van der Waals surface area contributed by atoms with Crippen LogP contribution in [0.2, 0.25) is 0 Å². The molecule has 0 amide bonds. The zero-order valence-corrected chi connectivity index (χ0v) is 12.4. The van der Waals surface area contributed by atoms with Crippen molar-refractivity contribution >= 4 is 11.7 Å². The van der Waals surface area contributed by atoms with Gasteiger partial charge in [0, 0.05) is 38.4 Å². The summed E-state index contributed by atoms with van der Waals surface area (Å²) in [6.45, 7) is 3.66. The van der Waals surface area contributed by atoms with Crippen LogP contribution < -0.4 is 4.90 Å². The Kier molecular flexibility index (Phi) is 5.28. The van der Waals surface area contributed by atoms with Crippen LogP contribution in [-0.4, -0.2) is 50.7 Å². The Hall–Kier alpha value is -1.76. The summed E-state index contributed by atoms with van der Waals surface area (Å²) >= 11 is 0. The summed E-state index contributed by atoms with van der Waals surface area (Å²) < 4.78 is 42.2. The van der Waals surface area contributed by atoms with Gasteiger partial charge in [0.2, 0.25) is 0 Å². The minimum atomic E-state index is -4.30. The van der Waals surface area contributed by atoms with Gasteiger partial charge in [0.05, 0.1) is 19.1 Å². The lowest BCUT2D eigenvalue weighted by molar-refractivity contribution is -0.141. The van der Waals surface area contributed by atoms with Crippen molar-refractivity contribution in [1.29, 1.82) is 0 Å². The van der Waals surface area contributed by atoms with Gasteiger partial charge in [-0.3, -0.25) is 9.69 Å². The van der Waals surface area contributed by atoms with Crippen molar-refractivity contribution in [3.63, 3.8) is 0 Å². The normalized spacial score (nSPS) is 16.6. The summed E-state index contributed by atoms with van der Waals surface area (Å²) in [4.78, 5) is 15.3. The zero-order valence-electron chi connectivity index (χ0n) is 12.4. The average Bonchev–Trinajstić information content (AvgIpc) is 2.52. The lowest BCUT2D eigenvalue weighted by Crippen LogP contribution is -2.47. The largest absolute Gasteiger partial charge is 0.469 e. The second-order valence-corrected chi connectivity index (χ2v) is 5.20. The average molecular weight is 316 g/mol. The van der Waals surface area contributed by atoms with Crippen LogP contribution in [0.4, 0.5) is 18.9 Å². The quantitative estimate of drug-likeness (QED) is 0.799. The molecule has 0 aliphatic carbocycles. The monoisotopic (exact) mass is 316 g/mol. The Labute approximate surface area is 127 Å². The molecule has 7 heteroatoms. The summed E-state index contributed by atoms with van der Waals surface area (Å²) in [5.41, 5.74) is 0.161. The van der Waals surface area contributed by atoms with Crippen molar-refractivity contribution in [2.24, 2.45) is 0 Å². The molecule has 1 aromatic rings. The number of ether oxygens (including phenoxy) is 1. The number of piperazine rings is 1. The van der Waals surface area contributed by atoms with Gasteiger partial charge in [-0.05, 0) is 24.3 Å². The second kappa shape index (κ2) is 7.00. The van der Waals surface area contributed by atoms with Crippen molar-refractivity contribution in [2.75, 3.05) is 44.7 Å². The molecular formula is C15H19F3N2O2. The van der Waals surface area contributed by atoms with Gasteiger partial charge in [0.1, 0.15) is 0 Å². The fraction of sp³-hybridized carbons (Fsp3) is 0.533. The van der Waals surface area contributed by atoms with Gasteiger partial charge in [-0.25, -0.2) is 0 Å². The maximum absolute atomic E-state index is 12.5. The molecule has 1 aliphatic rings. The number of carbonyl (C=O) groups is 1. The number of nitrogens with zero attached hydrogens (tertiary/aromatic N) is 2. The zero-order chi connectivity index (χ0) is 16.2. The van der Waals surface area contributed by atoms with Gasteiger partial charge in [-0.2, -0.15) is 13.2 Å². The number of alkyl halides is 3. The highest BCUT2D eigenvalue weighted by Crippen LogP contribution is 2.30. The van der Waals surface area contributed by atoms with Crippen molar-refractivity contribution in [3.05, 3.63) is 29.8 Å². The third kappa shape index (κ3) is 4.37. The first-order valence-corrected chi connectivity index (χ1v) is 7.11. The summed E-state index contributed by atoms with van der Waals surface area (Å²) in [5, 5.41) is 0. The van der Waals surface area contributed by atoms with E-state index in [1.807, 2.05) is 0 Å². The standard InChI is InChI=1S/C15H19F3N2O2/c1-22-14(21)6-7-19-8-10-20(11-9-19)13-4-2-12(3-5-13)15(16,17)18/h2-5H,6-11H2,1H3. The summed E-state index contributed by atoms with van der Waals surface area (Å²) in [7, 11) is 1.37. The fourth-order valence-corrected chi connectivity index (χ4v) is 2.44. The van der Waals surface area contributed by atoms with E-state index in [1.54, 1.807) is 0 Å². The molecule has 0 aromatic heterocycles. The predicted molar refractivity (Wildman–Crippen MR) is 76.7 cm³/mol. The number of halogens is 3. The first-order chi connectivity index (χ1) is 10.4. The highest BCUT2D eigenvalue weighted by molar-refractivity contribution is 5.69. The molecule has 1 aliphatic heterocycles. The molecule has 0 radical (unpaired) electrons. The predicted octanol–water partition coefficient (Wildman–Crippen LogP) is 2.39. The molecule has 122 valence electrons. The van der Waals surface area contributed by atoms with Crippen molar-refractivity contribution in [1.82, 2.24) is 4.90 Å². The van der Waals surface area contributed by atoms with Gasteiger partial charge >= 0.3 is 12.1 Å². The number of carbonyl (C=O) groups excluding carboxylic acids is 1. The number of benzene rings is 1. The van der Waals surface area contributed by atoms with Gasteiger partial charge in [-0.1, -0.05) is 0 Å². The van der Waals surface area contributed by atoms with E-state index < -0.39 is 11.7 Å². The number of rotatable bonds is 4. The Morgan fingerprint density at radius 3 is 2.23 bits per heavy atom. The van der Waals surface area contributed by atoms with E-state index in [4.69, 9.17) is 0 Å². The highest BCUT2D eigenvalue weighted by atomic mass is 19.4. The molecule has 0 saturated carbocycles. The van der Waals surface area contributed by atoms with Gasteiger partial charge in [-0.15, -0.1) is 0 Å². The Morgan fingerprint density at radius 1 is 1.14 bits per heavy atom. The molecule has 1 heterocycles. The molecule has 0 spiro atoms. The molecule has 0 N–H and O–H groups in total. The maximum atomic E-state index is 12.5. The first-order valence-electron chi connectivity index (χ1n) is 7.11. The third-order valence-electron chi connectivity index (χ3n) is 3.79. The van der Waals surface area contributed by atoms with E-state index in [0.29, 0.717) is 13.0 Å². The topological polar surface area (TPSA) is 32.8 Å². The molecule has 1 aromatic carbocycles. The van der Waals surface area contributed by atoms with Crippen LogP contribution in [0.1, 0.15) is 12.0 Å². The van der Waals surface area contributed by atoms with E-state index in [9.17, 15) is 18.0 Å². The maximum Gasteiger partial charge on any atom is 0.416 e. The molecule has 2 rings (SSSR count). The lowest BCUT2D eigenvalue weighted by atomic mass is 10.1. The third-order valence-corrected chi connectivity index (χ3v) is 3.79. The molecule has 22 heavy (non-hydrogen) atoms. The number of anilines is 1. The summed E-state index contributed by atoms with van der Waals surface area (Å²) in [6, 6.07) is 5.23. The summed E-state index contributed by atoms with van der Waals surface area (Å²) in [5.74, 6) is -0.231. The minimum Gasteiger partial charge on any atom is -0.469 e. The van der Waals surface area contributed by atoms with Crippen LogP contribution in [0, 0.1) is 0 Å². The molecule has 4 nitrogen and oxygen atoms in total. The molecule has 0 bridgehead atoms. The number of hydrogen-bond acceptors (Lipinski definition) is 4. The van der Waals surface area contributed by atoms with Crippen LogP contribution >= 0.6 is 0 Å². The van der Waals surface area contributed by atoms with Gasteiger partial charge < -0.3 is 9.64 Å². The highest BCUT2D eigenvalue weighted by Gasteiger charge is 2.30.